The molecule has 0 atom stereocenters. The zero-order chi connectivity index (χ0) is 16.8. The summed E-state index contributed by atoms with van der Waals surface area (Å²) in [5.74, 6) is -0.326. The third-order valence-corrected chi connectivity index (χ3v) is 3.98. The highest BCUT2D eigenvalue weighted by Gasteiger charge is 2.21. The molecule has 1 aliphatic heterocycles. The molecule has 23 heavy (non-hydrogen) atoms. The first-order valence-corrected chi connectivity index (χ1v) is 7.44. The second kappa shape index (κ2) is 7.33. The molecule has 1 heterocycles. The minimum Gasteiger partial charge on any atom is -0.478 e. The van der Waals surface area contributed by atoms with Gasteiger partial charge in [-0.1, -0.05) is 6.92 Å². The average molecular weight is 310 g/mol. The molecule has 1 aliphatic rings. The maximum Gasteiger partial charge on any atom is 0.337 e. The highest BCUT2D eigenvalue weighted by molar-refractivity contribution is 5.95. The van der Waals surface area contributed by atoms with Crippen molar-refractivity contribution in [2.45, 2.75) is 19.8 Å². The van der Waals surface area contributed by atoms with Crippen LogP contribution in [-0.4, -0.2) is 24.2 Å². The van der Waals surface area contributed by atoms with Crippen LogP contribution in [0.25, 0.3) is 0 Å². The van der Waals surface area contributed by atoms with Crippen molar-refractivity contribution < 1.29 is 9.90 Å². The Morgan fingerprint density at radius 2 is 2.00 bits per heavy atom. The van der Waals surface area contributed by atoms with E-state index in [9.17, 15) is 9.90 Å². The number of carbonyl (C=O) groups is 1. The van der Waals surface area contributed by atoms with E-state index in [1.165, 1.54) is 12.3 Å². The highest BCUT2D eigenvalue weighted by atomic mass is 16.4. The summed E-state index contributed by atoms with van der Waals surface area (Å²) in [6.07, 6.45) is 3.37. The van der Waals surface area contributed by atoms with Crippen LogP contribution in [0, 0.1) is 28.6 Å². The number of carboxylic acids is 1. The molecule has 0 bridgehead atoms. The minimum absolute atomic E-state index is 0.0732. The first kappa shape index (κ1) is 16.4. The Labute approximate surface area is 135 Å². The van der Waals surface area contributed by atoms with Crippen LogP contribution in [0.4, 0.5) is 11.4 Å². The molecule has 0 spiro atoms. The number of benzene rings is 1. The summed E-state index contributed by atoms with van der Waals surface area (Å²) in [5.41, 5.74) is 1.38. The number of piperidine rings is 1. The number of hydrogen-bond donors (Lipinski definition) is 2. The molecule has 0 aliphatic carbocycles. The lowest BCUT2D eigenvalue weighted by Gasteiger charge is -2.33. The average Bonchev–Trinajstić information content (AvgIpc) is 2.56. The van der Waals surface area contributed by atoms with Crippen molar-refractivity contribution in [3.8, 4) is 12.1 Å². The fraction of sp³-hybridized carbons (Fsp3) is 0.353. The van der Waals surface area contributed by atoms with Crippen LogP contribution in [0.15, 0.2) is 30.0 Å². The number of aromatic carboxylic acids is 1. The predicted octanol–water partition coefficient (Wildman–Crippen LogP) is 2.96. The summed E-state index contributed by atoms with van der Waals surface area (Å²) in [7, 11) is 0. The molecular weight excluding hydrogens is 292 g/mol. The van der Waals surface area contributed by atoms with Crippen LogP contribution in [0.3, 0.4) is 0 Å². The number of carboxylic acid groups (broad SMARTS) is 1. The fourth-order valence-corrected chi connectivity index (χ4v) is 2.57. The second-order valence-corrected chi connectivity index (χ2v) is 5.63. The van der Waals surface area contributed by atoms with Gasteiger partial charge in [0.05, 0.1) is 11.3 Å². The van der Waals surface area contributed by atoms with Crippen molar-refractivity contribution in [2.24, 2.45) is 5.92 Å². The van der Waals surface area contributed by atoms with E-state index in [0.29, 0.717) is 17.3 Å². The van der Waals surface area contributed by atoms with E-state index in [4.69, 9.17) is 10.5 Å². The van der Waals surface area contributed by atoms with Gasteiger partial charge >= 0.3 is 5.97 Å². The lowest BCUT2D eigenvalue weighted by molar-refractivity contribution is 0.0697. The standard InChI is InChI=1S/C17H18N4O2/c1-12-4-6-21(7-5-12)16-3-2-14(8-15(16)17(22)23)20-11-13(9-18)10-19/h2-3,8,11-12,20H,4-7H2,1H3,(H,22,23). The molecule has 6 nitrogen and oxygen atoms in total. The molecule has 1 aromatic carbocycles. The fourth-order valence-electron chi connectivity index (χ4n) is 2.57. The van der Waals surface area contributed by atoms with Crippen LogP contribution in [0.1, 0.15) is 30.1 Å². The number of allylic oxidation sites excluding steroid dienone is 1. The lowest BCUT2D eigenvalue weighted by atomic mass is 9.98. The van der Waals surface area contributed by atoms with Crippen LogP contribution < -0.4 is 10.2 Å². The van der Waals surface area contributed by atoms with E-state index >= 15 is 0 Å². The first-order chi connectivity index (χ1) is 11.0. The van der Waals surface area contributed by atoms with Gasteiger partial charge in [-0.25, -0.2) is 4.79 Å². The molecule has 0 amide bonds. The molecule has 1 fully saturated rings. The van der Waals surface area contributed by atoms with Gasteiger partial charge < -0.3 is 15.3 Å². The molecule has 1 saturated heterocycles. The largest absolute Gasteiger partial charge is 0.478 e. The summed E-state index contributed by atoms with van der Waals surface area (Å²) in [5, 5.41) is 29.7. The summed E-state index contributed by atoms with van der Waals surface area (Å²) in [6.45, 7) is 3.90. The van der Waals surface area contributed by atoms with E-state index in [-0.39, 0.29) is 11.1 Å². The van der Waals surface area contributed by atoms with E-state index in [2.05, 4.69) is 17.1 Å². The SMILES string of the molecule is CC1CCN(c2ccc(NC=C(C#N)C#N)cc2C(=O)O)CC1. The van der Waals surface area contributed by atoms with Gasteiger partial charge in [-0.2, -0.15) is 10.5 Å². The zero-order valence-electron chi connectivity index (χ0n) is 12.9. The van der Waals surface area contributed by atoms with Crippen LogP contribution in [0.5, 0.6) is 0 Å². The molecular formula is C17H18N4O2. The summed E-state index contributed by atoms with van der Waals surface area (Å²) in [6, 6.07) is 8.53. The Kier molecular flexibility index (Phi) is 5.22. The lowest BCUT2D eigenvalue weighted by Crippen LogP contribution is -2.33. The van der Waals surface area contributed by atoms with Gasteiger partial charge in [-0.15, -0.1) is 0 Å². The second-order valence-electron chi connectivity index (χ2n) is 5.63. The van der Waals surface area contributed by atoms with Crippen LogP contribution in [-0.2, 0) is 0 Å². The Hall–Kier alpha value is -2.99. The molecule has 1 aromatic rings. The molecule has 0 saturated carbocycles. The topological polar surface area (TPSA) is 100 Å². The monoisotopic (exact) mass is 310 g/mol. The molecule has 118 valence electrons. The van der Waals surface area contributed by atoms with Crippen molar-refractivity contribution in [3.63, 3.8) is 0 Å². The molecule has 2 rings (SSSR count). The van der Waals surface area contributed by atoms with Crippen LogP contribution >= 0.6 is 0 Å². The third-order valence-electron chi connectivity index (χ3n) is 3.98. The third kappa shape index (κ3) is 4.02. The Balaban J connectivity index is 2.25. The normalized spacial score (nSPS) is 14.5. The van der Waals surface area contributed by atoms with Gasteiger partial charge in [0.25, 0.3) is 0 Å². The smallest absolute Gasteiger partial charge is 0.337 e. The summed E-state index contributed by atoms with van der Waals surface area (Å²) >= 11 is 0. The Morgan fingerprint density at radius 1 is 1.35 bits per heavy atom. The van der Waals surface area contributed by atoms with Gasteiger partial charge in [0.1, 0.15) is 17.7 Å². The number of nitrogens with one attached hydrogen (secondary N) is 1. The molecule has 6 heteroatoms. The summed E-state index contributed by atoms with van der Waals surface area (Å²) < 4.78 is 0. The van der Waals surface area contributed by atoms with Crippen LogP contribution in [0.2, 0.25) is 0 Å². The van der Waals surface area contributed by atoms with E-state index in [1.807, 2.05) is 0 Å². The van der Waals surface area contributed by atoms with E-state index < -0.39 is 5.97 Å². The van der Waals surface area contributed by atoms with Crippen molar-refractivity contribution in [1.82, 2.24) is 0 Å². The Morgan fingerprint density at radius 3 is 2.57 bits per heavy atom. The molecule has 0 unspecified atom stereocenters. The van der Waals surface area contributed by atoms with Gasteiger partial charge in [0.15, 0.2) is 0 Å². The van der Waals surface area contributed by atoms with E-state index in [1.54, 1.807) is 24.3 Å². The first-order valence-electron chi connectivity index (χ1n) is 7.44. The number of hydrogen-bond acceptors (Lipinski definition) is 5. The van der Waals surface area contributed by atoms with Crippen molar-refractivity contribution in [2.75, 3.05) is 23.3 Å². The minimum atomic E-state index is -0.993. The quantitative estimate of drug-likeness (QED) is 0.829. The van der Waals surface area contributed by atoms with Gasteiger partial charge in [0.2, 0.25) is 0 Å². The molecule has 2 N–H and O–H groups in total. The summed E-state index contributed by atoms with van der Waals surface area (Å²) in [4.78, 5) is 13.7. The van der Waals surface area contributed by atoms with E-state index in [0.717, 1.165) is 25.9 Å². The van der Waals surface area contributed by atoms with Gasteiger partial charge in [-0.05, 0) is 37.0 Å². The number of rotatable bonds is 4. The number of anilines is 2. The Bertz CT molecular complexity index is 688. The van der Waals surface area contributed by atoms with Crippen molar-refractivity contribution >= 4 is 17.3 Å². The van der Waals surface area contributed by atoms with Gasteiger partial charge in [0, 0.05) is 25.0 Å². The van der Waals surface area contributed by atoms with Crippen molar-refractivity contribution in [3.05, 3.63) is 35.5 Å². The molecule has 0 radical (unpaired) electrons. The number of nitriles is 2. The number of nitrogens with zero attached hydrogens (tertiary/aromatic N) is 3. The predicted molar refractivity (Wildman–Crippen MR) is 86.9 cm³/mol. The maximum atomic E-state index is 11.6. The zero-order valence-corrected chi connectivity index (χ0v) is 12.9. The molecule has 0 aromatic heterocycles. The van der Waals surface area contributed by atoms with Gasteiger partial charge in [-0.3, -0.25) is 0 Å². The van der Waals surface area contributed by atoms with Crippen molar-refractivity contribution in [1.29, 1.82) is 10.5 Å². The maximum absolute atomic E-state index is 11.6. The highest BCUT2D eigenvalue weighted by Crippen LogP contribution is 2.28.